The Hall–Kier alpha value is -1.77. The van der Waals surface area contributed by atoms with Crippen LogP contribution in [0.5, 0.6) is 0 Å². The molecule has 0 bridgehead atoms. The molecule has 0 radical (unpaired) electrons. The Morgan fingerprint density at radius 3 is 2.23 bits per heavy atom. The van der Waals surface area contributed by atoms with Crippen LogP contribution in [0.2, 0.25) is 0 Å². The number of anilines is 1. The highest BCUT2D eigenvalue weighted by Crippen LogP contribution is 2.23. The maximum Gasteiger partial charge on any atom is 0.240 e. The van der Waals surface area contributed by atoms with E-state index in [9.17, 15) is 18.0 Å². The van der Waals surface area contributed by atoms with Crippen molar-refractivity contribution in [2.75, 3.05) is 18.6 Å². The fourth-order valence-electron chi connectivity index (χ4n) is 2.26. The molecule has 2 rings (SSSR count). The number of rotatable bonds is 6. The van der Waals surface area contributed by atoms with E-state index in [0.29, 0.717) is 5.69 Å². The predicted octanol–water partition coefficient (Wildman–Crippen LogP) is 0.653. The number of nitrogens with zero attached hydrogens (tertiary/aromatic N) is 1. The first-order chi connectivity index (χ1) is 10.3. The van der Waals surface area contributed by atoms with E-state index in [0.717, 1.165) is 4.90 Å². The summed E-state index contributed by atoms with van der Waals surface area (Å²) in [6.07, 6.45) is 0.379. The van der Waals surface area contributed by atoms with Gasteiger partial charge >= 0.3 is 0 Å². The number of amides is 2. The summed E-state index contributed by atoms with van der Waals surface area (Å²) in [5, 5.41) is 0. The lowest BCUT2D eigenvalue weighted by molar-refractivity contribution is -0.121. The molecule has 1 aliphatic rings. The normalized spacial score (nSPS) is 17.1. The quantitative estimate of drug-likeness (QED) is 0.775. The van der Waals surface area contributed by atoms with Gasteiger partial charge < -0.3 is 4.74 Å². The van der Waals surface area contributed by atoms with Crippen molar-refractivity contribution in [3.05, 3.63) is 24.3 Å². The molecule has 0 aliphatic carbocycles. The molecule has 1 saturated heterocycles. The van der Waals surface area contributed by atoms with Crippen molar-refractivity contribution in [3.8, 4) is 0 Å². The van der Waals surface area contributed by atoms with E-state index >= 15 is 0 Å². The zero-order valence-electron chi connectivity index (χ0n) is 12.4. The number of imide groups is 1. The van der Waals surface area contributed by atoms with Gasteiger partial charge in [-0.05, 0) is 31.2 Å². The Bertz CT molecular complexity index is 653. The van der Waals surface area contributed by atoms with Gasteiger partial charge in [0.1, 0.15) is 0 Å². The number of carbonyl (C=O) groups excluding carboxylic acids is 2. The molecule has 0 aromatic heterocycles. The Kier molecular flexibility index (Phi) is 4.94. The van der Waals surface area contributed by atoms with Crippen molar-refractivity contribution < 1.29 is 22.7 Å². The lowest BCUT2D eigenvalue weighted by atomic mass is 10.3. The van der Waals surface area contributed by atoms with Crippen LogP contribution >= 0.6 is 0 Å². The van der Waals surface area contributed by atoms with Crippen LogP contribution in [0.25, 0.3) is 0 Å². The fraction of sp³-hybridized carbons (Fsp3) is 0.429. The van der Waals surface area contributed by atoms with Gasteiger partial charge in [-0.15, -0.1) is 0 Å². The summed E-state index contributed by atoms with van der Waals surface area (Å²) in [4.78, 5) is 24.4. The summed E-state index contributed by atoms with van der Waals surface area (Å²) < 4.78 is 31.7. The lowest BCUT2D eigenvalue weighted by Gasteiger charge is -2.16. The van der Waals surface area contributed by atoms with Crippen LogP contribution in [0.1, 0.15) is 19.8 Å². The molecule has 1 atom stereocenters. The van der Waals surface area contributed by atoms with Crippen LogP contribution in [0.15, 0.2) is 29.2 Å². The highest BCUT2D eigenvalue weighted by Gasteiger charge is 2.30. The molecular weight excluding hydrogens is 308 g/mol. The Labute approximate surface area is 129 Å². The molecular formula is C14H18N2O5S. The maximum absolute atomic E-state index is 12.2. The SMILES string of the molecule is COC[C@@H](C)NS(=O)(=O)c1ccc(N2C(=O)CCC2=O)cc1. The van der Waals surface area contributed by atoms with Crippen LogP contribution in [0.4, 0.5) is 5.69 Å². The van der Waals surface area contributed by atoms with Gasteiger partial charge in [0, 0.05) is 26.0 Å². The number of hydrogen-bond acceptors (Lipinski definition) is 5. The van der Waals surface area contributed by atoms with Gasteiger partial charge in [0.05, 0.1) is 17.2 Å². The van der Waals surface area contributed by atoms with Crippen LogP contribution in [0.3, 0.4) is 0 Å². The first-order valence-corrected chi connectivity index (χ1v) is 8.30. The molecule has 0 unspecified atom stereocenters. The minimum Gasteiger partial charge on any atom is -0.383 e. The molecule has 1 heterocycles. The Morgan fingerprint density at radius 2 is 1.73 bits per heavy atom. The Balaban J connectivity index is 2.18. The average Bonchev–Trinajstić information content (AvgIpc) is 2.78. The summed E-state index contributed by atoms with van der Waals surface area (Å²) in [6, 6.07) is 5.29. The van der Waals surface area contributed by atoms with Crippen molar-refractivity contribution in [2.45, 2.75) is 30.7 Å². The van der Waals surface area contributed by atoms with Crippen LogP contribution in [-0.4, -0.2) is 40.0 Å². The van der Waals surface area contributed by atoms with Gasteiger partial charge in [0.25, 0.3) is 0 Å². The summed E-state index contributed by atoms with van der Waals surface area (Å²) in [7, 11) is -2.18. The summed E-state index contributed by atoms with van der Waals surface area (Å²) >= 11 is 0. The maximum atomic E-state index is 12.2. The van der Waals surface area contributed by atoms with Crippen molar-refractivity contribution >= 4 is 27.5 Å². The summed E-state index contributed by atoms with van der Waals surface area (Å²) in [5.74, 6) is -0.542. The standard InChI is InChI=1S/C14H18N2O5S/c1-10(9-21-2)15-22(19,20)12-5-3-11(4-6-12)16-13(17)7-8-14(16)18/h3-6,10,15H,7-9H2,1-2H3/t10-/m1/s1. The van der Waals surface area contributed by atoms with E-state index < -0.39 is 10.0 Å². The van der Waals surface area contributed by atoms with E-state index in [4.69, 9.17) is 4.74 Å². The van der Waals surface area contributed by atoms with Crippen LogP contribution in [-0.2, 0) is 24.3 Å². The first-order valence-electron chi connectivity index (χ1n) is 6.82. The Morgan fingerprint density at radius 1 is 1.18 bits per heavy atom. The molecule has 0 saturated carbocycles. The number of carbonyl (C=O) groups is 2. The molecule has 2 amide bonds. The molecule has 7 nitrogen and oxygen atoms in total. The zero-order chi connectivity index (χ0) is 16.3. The van der Waals surface area contributed by atoms with E-state index in [1.807, 2.05) is 0 Å². The number of hydrogen-bond donors (Lipinski definition) is 1. The monoisotopic (exact) mass is 326 g/mol. The van der Waals surface area contributed by atoms with Gasteiger partial charge in [-0.3, -0.25) is 14.5 Å². The fourth-order valence-corrected chi connectivity index (χ4v) is 3.48. The topological polar surface area (TPSA) is 92.8 Å². The molecule has 1 aromatic rings. The molecule has 0 spiro atoms. The largest absolute Gasteiger partial charge is 0.383 e. The van der Waals surface area contributed by atoms with E-state index in [2.05, 4.69) is 4.72 Å². The van der Waals surface area contributed by atoms with Gasteiger partial charge in [0.15, 0.2) is 0 Å². The third-order valence-corrected chi connectivity index (χ3v) is 4.84. The van der Waals surface area contributed by atoms with Gasteiger partial charge in [-0.1, -0.05) is 0 Å². The van der Waals surface area contributed by atoms with Crippen molar-refractivity contribution in [1.82, 2.24) is 4.72 Å². The van der Waals surface area contributed by atoms with Crippen LogP contribution in [0, 0.1) is 0 Å². The highest BCUT2D eigenvalue weighted by molar-refractivity contribution is 7.89. The summed E-state index contributed by atoms with van der Waals surface area (Å²) in [5.41, 5.74) is 0.386. The molecule has 120 valence electrons. The van der Waals surface area contributed by atoms with Gasteiger partial charge in [-0.25, -0.2) is 13.1 Å². The lowest BCUT2D eigenvalue weighted by Crippen LogP contribution is -2.35. The molecule has 1 aliphatic heterocycles. The third kappa shape index (κ3) is 3.52. The number of nitrogens with one attached hydrogen (secondary N) is 1. The smallest absolute Gasteiger partial charge is 0.240 e. The second kappa shape index (κ2) is 6.55. The molecule has 22 heavy (non-hydrogen) atoms. The second-order valence-electron chi connectivity index (χ2n) is 5.09. The minimum absolute atomic E-state index is 0.0679. The van der Waals surface area contributed by atoms with E-state index in [-0.39, 0.29) is 42.2 Å². The molecule has 1 fully saturated rings. The van der Waals surface area contributed by atoms with Crippen molar-refractivity contribution in [3.63, 3.8) is 0 Å². The molecule has 1 aromatic carbocycles. The van der Waals surface area contributed by atoms with Crippen LogP contribution < -0.4 is 9.62 Å². The van der Waals surface area contributed by atoms with Crippen molar-refractivity contribution in [2.24, 2.45) is 0 Å². The van der Waals surface area contributed by atoms with E-state index in [1.54, 1.807) is 6.92 Å². The minimum atomic E-state index is -3.67. The number of benzene rings is 1. The number of ether oxygens (including phenoxy) is 1. The number of sulfonamides is 1. The average molecular weight is 326 g/mol. The summed E-state index contributed by atoms with van der Waals surface area (Å²) in [6.45, 7) is 1.95. The zero-order valence-corrected chi connectivity index (χ0v) is 13.2. The predicted molar refractivity (Wildman–Crippen MR) is 79.8 cm³/mol. The number of methoxy groups -OCH3 is 1. The van der Waals surface area contributed by atoms with Gasteiger partial charge in [-0.2, -0.15) is 0 Å². The van der Waals surface area contributed by atoms with E-state index in [1.165, 1.54) is 31.4 Å². The van der Waals surface area contributed by atoms with Gasteiger partial charge in [0.2, 0.25) is 21.8 Å². The second-order valence-corrected chi connectivity index (χ2v) is 6.81. The third-order valence-electron chi connectivity index (χ3n) is 3.23. The van der Waals surface area contributed by atoms with Crippen molar-refractivity contribution in [1.29, 1.82) is 0 Å². The first kappa shape index (κ1) is 16.6. The molecule has 1 N–H and O–H groups in total. The highest BCUT2D eigenvalue weighted by atomic mass is 32.2. The molecule has 8 heteroatoms.